The second-order valence-electron chi connectivity index (χ2n) is 4.15. The van der Waals surface area contributed by atoms with E-state index < -0.39 is 30.1 Å². The summed E-state index contributed by atoms with van der Waals surface area (Å²) in [5, 5.41) is 0. The first-order valence-electron chi connectivity index (χ1n) is 6.03. The topological polar surface area (TPSA) is 60.4 Å². The Balaban J connectivity index is 2.70. The summed E-state index contributed by atoms with van der Waals surface area (Å²) in [4.78, 5) is 33.1. The van der Waals surface area contributed by atoms with Gasteiger partial charge in [0.05, 0.1) is 13.5 Å². The maximum absolute atomic E-state index is 12.1. The van der Waals surface area contributed by atoms with Crippen LogP contribution in [0.1, 0.15) is 28.8 Å². The van der Waals surface area contributed by atoms with Crippen LogP contribution in [0.3, 0.4) is 0 Å². The van der Waals surface area contributed by atoms with Crippen LogP contribution in [0.15, 0.2) is 24.3 Å². The van der Waals surface area contributed by atoms with Gasteiger partial charge in [-0.15, -0.1) is 0 Å². The molecular weight excluding hydrogens is 301 g/mol. The summed E-state index contributed by atoms with van der Waals surface area (Å²) in [5.41, 5.74) is 0.457. The van der Waals surface area contributed by atoms with Crippen molar-refractivity contribution >= 4 is 17.5 Å². The lowest BCUT2D eigenvalue weighted by Gasteiger charge is -2.04. The number of methoxy groups -OCH3 is 1. The second-order valence-corrected chi connectivity index (χ2v) is 4.15. The van der Waals surface area contributed by atoms with Gasteiger partial charge in [-0.3, -0.25) is 14.4 Å². The number of ketones is 2. The molecule has 1 rings (SSSR count). The van der Waals surface area contributed by atoms with Gasteiger partial charge < -0.3 is 4.74 Å². The summed E-state index contributed by atoms with van der Waals surface area (Å²) in [6.07, 6.45) is -6.34. The maximum Gasteiger partial charge on any atom is 0.450 e. The molecular formula is C15H11F3O4. The molecule has 22 heavy (non-hydrogen) atoms. The number of carbonyl (C=O) groups excluding carboxylic acids is 3. The van der Waals surface area contributed by atoms with Gasteiger partial charge in [-0.1, -0.05) is 24.0 Å². The fourth-order valence-electron chi connectivity index (χ4n) is 1.38. The SMILES string of the molecule is COC(=O)CC#Cc1ccc(C(=O)CC(=O)C(F)(F)F)cc1. The minimum Gasteiger partial charge on any atom is -0.468 e. The van der Waals surface area contributed by atoms with E-state index in [1.165, 1.54) is 31.4 Å². The lowest BCUT2D eigenvalue weighted by Crippen LogP contribution is -2.25. The lowest BCUT2D eigenvalue weighted by atomic mass is 10.0. The number of Topliss-reactive ketones (excluding diaryl/α,β-unsaturated/α-hetero) is 2. The molecule has 0 N–H and O–H groups in total. The summed E-state index contributed by atoms with van der Waals surface area (Å²) >= 11 is 0. The Bertz CT molecular complexity index is 633. The van der Waals surface area contributed by atoms with Crippen LogP contribution in [0.25, 0.3) is 0 Å². The van der Waals surface area contributed by atoms with Crippen molar-refractivity contribution in [1.82, 2.24) is 0 Å². The Morgan fingerprint density at radius 2 is 1.73 bits per heavy atom. The van der Waals surface area contributed by atoms with Crippen LogP contribution in [-0.2, 0) is 14.3 Å². The Kier molecular flexibility index (Phi) is 5.87. The molecule has 0 aliphatic heterocycles. The van der Waals surface area contributed by atoms with Crippen molar-refractivity contribution < 1.29 is 32.3 Å². The van der Waals surface area contributed by atoms with E-state index in [0.29, 0.717) is 5.56 Å². The minimum absolute atomic E-state index is 0.0175. The van der Waals surface area contributed by atoms with Gasteiger partial charge in [0, 0.05) is 11.1 Å². The molecule has 4 nitrogen and oxygen atoms in total. The summed E-state index contributed by atoms with van der Waals surface area (Å²) in [7, 11) is 1.23. The number of alkyl halides is 3. The highest BCUT2D eigenvalue weighted by atomic mass is 19.4. The van der Waals surface area contributed by atoms with Crippen LogP contribution < -0.4 is 0 Å². The molecule has 0 aromatic heterocycles. The van der Waals surface area contributed by atoms with Gasteiger partial charge >= 0.3 is 12.1 Å². The lowest BCUT2D eigenvalue weighted by molar-refractivity contribution is -0.170. The molecule has 0 bridgehead atoms. The number of benzene rings is 1. The number of halogens is 3. The van der Waals surface area contributed by atoms with Crippen LogP contribution in [0.5, 0.6) is 0 Å². The molecule has 116 valence electrons. The van der Waals surface area contributed by atoms with Crippen LogP contribution in [0, 0.1) is 11.8 Å². The van der Waals surface area contributed by atoms with E-state index in [0.717, 1.165) is 0 Å². The van der Waals surface area contributed by atoms with Gasteiger partial charge in [-0.05, 0) is 12.1 Å². The molecule has 0 heterocycles. The van der Waals surface area contributed by atoms with Crippen molar-refractivity contribution in [3.8, 4) is 11.8 Å². The van der Waals surface area contributed by atoms with Crippen molar-refractivity contribution in [3.05, 3.63) is 35.4 Å². The number of rotatable bonds is 4. The minimum atomic E-state index is -5.02. The molecule has 0 spiro atoms. The molecule has 0 radical (unpaired) electrons. The number of ether oxygens (including phenoxy) is 1. The quantitative estimate of drug-likeness (QED) is 0.370. The molecule has 1 aromatic rings. The predicted octanol–water partition coefficient (Wildman–Crippen LogP) is 2.31. The van der Waals surface area contributed by atoms with Crippen molar-refractivity contribution in [2.24, 2.45) is 0 Å². The first kappa shape index (κ1) is 17.4. The monoisotopic (exact) mass is 312 g/mol. The smallest absolute Gasteiger partial charge is 0.450 e. The average Bonchev–Trinajstić information content (AvgIpc) is 2.46. The van der Waals surface area contributed by atoms with Gasteiger partial charge in [-0.2, -0.15) is 13.2 Å². The van der Waals surface area contributed by atoms with E-state index in [9.17, 15) is 27.6 Å². The van der Waals surface area contributed by atoms with Crippen molar-refractivity contribution in [1.29, 1.82) is 0 Å². The third-order valence-corrected chi connectivity index (χ3v) is 2.54. The molecule has 0 unspecified atom stereocenters. The molecule has 1 aromatic carbocycles. The average molecular weight is 312 g/mol. The summed E-state index contributed by atoms with van der Waals surface area (Å²) < 4.78 is 40.6. The van der Waals surface area contributed by atoms with E-state index in [-0.39, 0.29) is 12.0 Å². The highest BCUT2D eigenvalue weighted by molar-refractivity contribution is 6.09. The number of hydrogen-bond acceptors (Lipinski definition) is 4. The van der Waals surface area contributed by atoms with Gasteiger partial charge in [0.1, 0.15) is 6.42 Å². The molecule has 0 amide bonds. The van der Waals surface area contributed by atoms with Crippen molar-refractivity contribution in [2.45, 2.75) is 19.0 Å². The van der Waals surface area contributed by atoms with E-state index in [4.69, 9.17) is 0 Å². The molecule has 7 heteroatoms. The van der Waals surface area contributed by atoms with Crippen LogP contribution in [-0.4, -0.2) is 30.8 Å². The molecule has 0 saturated carbocycles. The van der Waals surface area contributed by atoms with Gasteiger partial charge in [0.15, 0.2) is 5.78 Å². The van der Waals surface area contributed by atoms with Crippen LogP contribution >= 0.6 is 0 Å². The Morgan fingerprint density at radius 3 is 2.23 bits per heavy atom. The fourth-order valence-corrected chi connectivity index (χ4v) is 1.38. The molecule has 0 saturated heterocycles. The normalized spacial score (nSPS) is 10.4. The van der Waals surface area contributed by atoms with Crippen molar-refractivity contribution in [2.75, 3.05) is 7.11 Å². The van der Waals surface area contributed by atoms with Gasteiger partial charge in [-0.25, -0.2) is 0 Å². The number of esters is 1. The fraction of sp³-hybridized carbons (Fsp3) is 0.267. The predicted molar refractivity (Wildman–Crippen MR) is 70.0 cm³/mol. The van der Waals surface area contributed by atoms with Crippen LogP contribution in [0.4, 0.5) is 13.2 Å². The summed E-state index contributed by atoms with van der Waals surface area (Å²) in [6.45, 7) is 0. The first-order valence-corrected chi connectivity index (χ1v) is 6.03. The van der Waals surface area contributed by atoms with E-state index in [1.807, 2.05) is 0 Å². The van der Waals surface area contributed by atoms with Gasteiger partial charge in [0.2, 0.25) is 5.78 Å². The zero-order chi connectivity index (χ0) is 16.8. The molecule has 0 aliphatic rings. The zero-order valence-electron chi connectivity index (χ0n) is 11.5. The third kappa shape index (κ3) is 5.40. The zero-order valence-corrected chi connectivity index (χ0v) is 11.5. The number of hydrogen-bond donors (Lipinski definition) is 0. The third-order valence-electron chi connectivity index (χ3n) is 2.54. The standard InChI is InChI=1S/C15H11F3O4/c1-22-14(21)4-2-3-10-5-7-11(8-6-10)12(19)9-13(20)15(16,17)18/h5-8H,4,9H2,1H3. The molecule has 0 fully saturated rings. The van der Waals surface area contributed by atoms with E-state index in [1.54, 1.807) is 0 Å². The summed E-state index contributed by atoms with van der Waals surface area (Å²) in [5.74, 6) is 1.67. The van der Waals surface area contributed by atoms with E-state index in [2.05, 4.69) is 16.6 Å². The second kappa shape index (κ2) is 7.41. The summed E-state index contributed by atoms with van der Waals surface area (Å²) in [6, 6.07) is 5.37. The Morgan fingerprint density at radius 1 is 1.14 bits per heavy atom. The number of carbonyl (C=O) groups is 3. The highest BCUT2D eigenvalue weighted by Crippen LogP contribution is 2.19. The maximum atomic E-state index is 12.1. The van der Waals surface area contributed by atoms with Crippen LogP contribution in [0.2, 0.25) is 0 Å². The van der Waals surface area contributed by atoms with E-state index >= 15 is 0 Å². The highest BCUT2D eigenvalue weighted by Gasteiger charge is 2.39. The molecule has 0 aliphatic carbocycles. The Hall–Kier alpha value is -2.62. The van der Waals surface area contributed by atoms with Crippen molar-refractivity contribution in [3.63, 3.8) is 0 Å². The largest absolute Gasteiger partial charge is 0.468 e. The van der Waals surface area contributed by atoms with Gasteiger partial charge in [0.25, 0.3) is 0 Å². The molecule has 0 atom stereocenters. The Labute approximate surface area is 124 Å². The first-order chi connectivity index (χ1) is 10.2.